The van der Waals surface area contributed by atoms with E-state index in [1.165, 1.54) is 24.3 Å². The minimum absolute atomic E-state index is 0.0205. The topological polar surface area (TPSA) is 0 Å². The largest absolute Gasteiger partial charge is 0.205 e. The van der Waals surface area contributed by atoms with Crippen molar-refractivity contribution in [1.29, 1.82) is 0 Å². The van der Waals surface area contributed by atoms with Gasteiger partial charge in [0.15, 0.2) is 11.6 Å². The van der Waals surface area contributed by atoms with Crippen LogP contribution in [0.4, 0.5) is 13.2 Å². The van der Waals surface area contributed by atoms with Crippen LogP contribution in [0.5, 0.6) is 0 Å². The fourth-order valence-corrected chi connectivity index (χ4v) is 1.92. The van der Waals surface area contributed by atoms with Crippen molar-refractivity contribution in [3.05, 3.63) is 70.0 Å². The second-order valence-electron chi connectivity index (χ2n) is 3.71. The molecule has 0 N–H and O–H groups in total. The van der Waals surface area contributed by atoms with E-state index in [-0.39, 0.29) is 5.02 Å². The number of rotatable bonds is 2. The van der Waals surface area contributed by atoms with Gasteiger partial charge < -0.3 is 0 Å². The van der Waals surface area contributed by atoms with Crippen LogP contribution in [0.25, 0.3) is 0 Å². The highest BCUT2D eigenvalue weighted by atomic mass is 35.5. The standard InChI is InChI=1S/C13H7Cl2F3/c14-9-3-1-7(5-11(9)17)13(15)8-2-4-10(16)12(18)6-8/h1-6,13H. The van der Waals surface area contributed by atoms with Crippen LogP contribution < -0.4 is 0 Å². The molecule has 0 nitrogen and oxygen atoms in total. The van der Waals surface area contributed by atoms with Crippen molar-refractivity contribution in [2.75, 3.05) is 0 Å². The monoisotopic (exact) mass is 290 g/mol. The molecule has 0 aromatic heterocycles. The van der Waals surface area contributed by atoms with Crippen molar-refractivity contribution in [1.82, 2.24) is 0 Å². The summed E-state index contributed by atoms with van der Waals surface area (Å²) in [5, 5.41) is -0.792. The number of alkyl halides is 1. The van der Waals surface area contributed by atoms with Gasteiger partial charge in [-0.2, -0.15) is 0 Å². The first-order valence-electron chi connectivity index (χ1n) is 5.03. The minimum Gasteiger partial charge on any atom is -0.205 e. The van der Waals surface area contributed by atoms with Gasteiger partial charge in [-0.1, -0.05) is 23.7 Å². The maximum atomic E-state index is 13.3. The third-order valence-corrected chi connectivity index (χ3v) is 3.28. The molecule has 0 aliphatic heterocycles. The molecular formula is C13H7Cl2F3. The average Bonchev–Trinajstić information content (AvgIpc) is 2.35. The molecule has 0 bridgehead atoms. The first-order chi connectivity index (χ1) is 8.49. The lowest BCUT2D eigenvalue weighted by molar-refractivity contribution is 0.507. The fraction of sp³-hybridized carbons (Fsp3) is 0.0769. The van der Waals surface area contributed by atoms with Crippen molar-refractivity contribution in [3.8, 4) is 0 Å². The average molecular weight is 291 g/mol. The van der Waals surface area contributed by atoms with Gasteiger partial charge in [0.05, 0.1) is 10.4 Å². The number of halogens is 5. The van der Waals surface area contributed by atoms with Crippen LogP contribution in [-0.4, -0.2) is 0 Å². The van der Waals surface area contributed by atoms with Crippen molar-refractivity contribution in [2.24, 2.45) is 0 Å². The van der Waals surface area contributed by atoms with Crippen molar-refractivity contribution in [2.45, 2.75) is 5.38 Å². The smallest absolute Gasteiger partial charge is 0.159 e. The predicted octanol–water partition coefficient (Wildman–Crippen LogP) is 5.09. The molecule has 1 unspecified atom stereocenters. The van der Waals surface area contributed by atoms with Crippen LogP contribution in [0, 0.1) is 17.5 Å². The van der Waals surface area contributed by atoms with E-state index in [9.17, 15) is 13.2 Å². The summed E-state index contributed by atoms with van der Waals surface area (Å²) in [6.07, 6.45) is 0. The summed E-state index contributed by atoms with van der Waals surface area (Å²) in [6, 6.07) is 7.38. The zero-order chi connectivity index (χ0) is 13.3. The SMILES string of the molecule is Fc1ccc(C(Cl)c2ccc(Cl)c(F)c2)cc1F. The van der Waals surface area contributed by atoms with E-state index in [1.807, 2.05) is 0 Å². The molecule has 1 atom stereocenters. The molecular weight excluding hydrogens is 284 g/mol. The maximum absolute atomic E-state index is 13.3. The van der Waals surface area contributed by atoms with Gasteiger partial charge in [0.2, 0.25) is 0 Å². The van der Waals surface area contributed by atoms with Crippen LogP contribution in [0.2, 0.25) is 5.02 Å². The molecule has 2 rings (SSSR count). The molecule has 5 heteroatoms. The molecule has 0 radical (unpaired) electrons. The molecule has 0 saturated heterocycles. The van der Waals surface area contributed by atoms with Crippen molar-refractivity contribution in [3.63, 3.8) is 0 Å². The van der Waals surface area contributed by atoms with E-state index in [4.69, 9.17) is 23.2 Å². The van der Waals surface area contributed by atoms with E-state index >= 15 is 0 Å². The first-order valence-corrected chi connectivity index (χ1v) is 5.84. The first kappa shape index (κ1) is 13.2. The Labute approximate surface area is 112 Å². The summed E-state index contributed by atoms with van der Waals surface area (Å²) >= 11 is 11.6. The second-order valence-corrected chi connectivity index (χ2v) is 4.55. The van der Waals surface area contributed by atoms with E-state index in [2.05, 4.69) is 0 Å². The summed E-state index contributed by atoms with van der Waals surface area (Å²) in [4.78, 5) is 0. The van der Waals surface area contributed by atoms with Crippen LogP contribution in [-0.2, 0) is 0 Å². The highest BCUT2D eigenvalue weighted by molar-refractivity contribution is 6.30. The van der Waals surface area contributed by atoms with Gasteiger partial charge >= 0.3 is 0 Å². The molecule has 94 valence electrons. The Balaban J connectivity index is 2.37. The Kier molecular flexibility index (Phi) is 3.83. The van der Waals surface area contributed by atoms with Crippen LogP contribution >= 0.6 is 23.2 Å². The Bertz CT molecular complexity index is 533. The second kappa shape index (κ2) is 5.21. The van der Waals surface area contributed by atoms with Gasteiger partial charge in [0.25, 0.3) is 0 Å². The minimum atomic E-state index is -0.993. The lowest BCUT2D eigenvalue weighted by atomic mass is 10.0. The number of hydrogen-bond donors (Lipinski definition) is 0. The molecule has 2 aromatic rings. The lowest BCUT2D eigenvalue weighted by Crippen LogP contribution is -1.96. The quantitative estimate of drug-likeness (QED) is 0.676. The van der Waals surface area contributed by atoms with E-state index in [0.29, 0.717) is 11.1 Å². The molecule has 0 aliphatic carbocycles. The molecule has 0 spiro atoms. The molecule has 0 heterocycles. The summed E-state index contributed by atoms with van der Waals surface area (Å²) in [5.41, 5.74) is 0.766. The normalized spacial score (nSPS) is 12.5. The van der Waals surface area contributed by atoms with Gasteiger partial charge in [0.1, 0.15) is 5.82 Å². The summed E-state index contributed by atoms with van der Waals surface area (Å²) in [7, 11) is 0. The molecule has 0 saturated carbocycles. The summed E-state index contributed by atoms with van der Waals surface area (Å²) in [5.74, 6) is -2.56. The van der Waals surface area contributed by atoms with E-state index in [0.717, 1.165) is 12.1 Å². The van der Waals surface area contributed by atoms with E-state index < -0.39 is 22.8 Å². The van der Waals surface area contributed by atoms with Crippen LogP contribution in [0.3, 0.4) is 0 Å². The van der Waals surface area contributed by atoms with Crippen molar-refractivity contribution >= 4 is 23.2 Å². The summed E-state index contributed by atoms with van der Waals surface area (Å²) in [6.45, 7) is 0. The zero-order valence-corrected chi connectivity index (χ0v) is 10.4. The third kappa shape index (κ3) is 2.62. The Hall–Kier alpha value is -1.19. The number of benzene rings is 2. The Morgan fingerprint density at radius 1 is 0.778 bits per heavy atom. The number of hydrogen-bond acceptors (Lipinski definition) is 0. The summed E-state index contributed by atoms with van der Waals surface area (Å²) < 4.78 is 39.1. The van der Waals surface area contributed by atoms with Gasteiger partial charge in [0, 0.05) is 0 Å². The third-order valence-electron chi connectivity index (χ3n) is 2.47. The van der Waals surface area contributed by atoms with Crippen LogP contribution in [0.15, 0.2) is 36.4 Å². The zero-order valence-electron chi connectivity index (χ0n) is 8.93. The van der Waals surface area contributed by atoms with Gasteiger partial charge in [-0.25, -0.2) is 13.2 Å². The highest BCUT2D eigenvalue weighted by Crippen LogP contribution is 2.31. The molecule has 0 fully saturated rings. The maximum Gasteiger partial charge on any atom is 0.159 e. The molecule has 2 aromatic carbocycles. The molecule has 0 amide bonds. The Morgan fingerprint density at radius 2 is 1.33 bits per heavy atom. The van der Waals surface area contributed by atoms with E-state index in [1.54, 1.807) is 0 Å². The molecule has 0 aliphatic rings. The van der Waals surface area contributed by atoms with Gasteiger partial charge in [-0.15, -0.1) is 11.6 Å². The van der Waals surface area contributed by atoms with Gasteiger partial charge in [-0.3, -0.25) is 0 Å². The lowest BCUT2D eigenvalue weighted by Gasteiger charge is -2.11. The fourth-order valence-electron chi connectivity index (χ4n) is 1.53. The predicted molar refractivity (Wildman–Crippen MR) is 65.5 cm³/mol. The van der Waals surface area contributed by atoms with Crippen molar-refractivity contribution < 1.29 is 13.2 Å². The molecule has 18 heavy (non-hydrogen) atoms. The van der Waals surface area contributed by atoms with Gasteiger partial charge in [-0.05, 0) is 35.4 Å². The highest BCUT2D eigenvalue weighted by Gasteiger charge is 2.14. The van der Waals surface area contributed by atoms with Crippen LogP contribution in [0.1, 0.15) is 16.5 Å². The Morgan fingerprint density at radius 3 is 1.89 bits per heavy atom.